The summed E-state index contributed by atoms with van der Waals surface area (Å²) in [4.78, 5) is 1.27. The van der Waals surface area contributed by atoms with Gasteiger partial charge in [0.25, 0.3) is 0 Å². The molecular weight excluding hydrogens is 242 g/mol. The smallest absolute Gasteiger partial charge is 0.0958 e. The first-order valence-electron chi connectivity index (χ1n) is 5.87. The molecule has 1 N–H and O–H groups in total. The molecule has 0 saturated carbocycles. The fourth-order valence-electron chi connectivity index (χ4n) is 2.10. The third-order valence-corrected chi connectivity index (χ3v) is 4.26. The molecular formula is C12H18ClNOS. The van der Waals surface area contributed by atoms with Gasteiger partial charge in [0.05, 0.1) is 11.1 Å². The monoisotopic (exact) mass is 259 g/mol. The van der Waals surface area contributed by atoms with Crippen LogP contribution in [0.15, 0.2) is 11.4 Å². The molecule has 0 spiro atoms. The van der Waals surface area contributed by atoms with E-state index < -0.39 is 0 Å². The third-order valence-electron chi connectivity index (χ3n) is 2.92. The van der Waals surface area contributed by atoms with Gasteiger partial charge < -0.3 is 10.1 Å². The van der Waals surface area contributed by atoms with Crippen molar-refractivity contribution in [1.29, 1.82) is 0 Å². The SMILES string of the molecule is CCCNCC1CCOC1c1cc(Cl)cs1. The summed E-state index contributed by atoms with van der Waals surface area (Å²) in [6.45, 7) is 5.20. The Balaban J connectivity index is 1.92. The summed E-state index contributed by atoms with van der Waals surface area (Å²) in [5.41, 5.74) is 0. The maximum atomic E-state index is 5.95. The van der Waals surface area contributed by atoms with Crippen molar-refractivity contribution in [1.82, 2.24) is 5.32 Å². The molecule has 0 radical (unpaired) electrons. The highest BCUT2D eigenvalue weighted by Gasteiger charge is 2.30. The Labute approximate surface area is 106 Å². The lowest BCUT2D eigenvalue weighted by atomic mass is 10.0. The first-order valence-corrected chi connectivity index (χ1v) is 7.13. The average Bonchev–Trinajstić information content (AvgIpc) is 2.87. The van der Waals surface area contributed by atoms with E-state index in [1.807, 2.05) is 11.4 Å². The Morgan fingerprint density at radius 2 is 2.50 bits per heavy atom. The maximum absolute atomic E-state index is 5.95. The van der Waals surface area contributed by atoms with Crippen LogP contribution >= 0.6 is 22.9 Å². The van der Waals surface area contributed by atoms with Gasteiger partial charge in [0.2, 0.25) is 0 Å². The predicted molar refractivity (Wildman–Crippen MR) is 69.3 cm³/mol. The Bertz CT molecular complexity index is 329. The molecule has 2 rings (SSSR count). The van der Waals surface area contributed by atoms with Crippen molar-refractivity contribution >= 4 is 22.9 Å². The van der Waals surface area contributed by atoms with Crippen molar-refractivity contribution in [2.24, 2.45) is 5.92 Å². The van der Waals surface area contributed by atoms with Crippen LogP contribution in [0.3, 0.4) is 0 Å². The van der Waals surface area contributed by atoms with Gasteiger partial charge in [0.1, 0.15) is 0 Å². The van der Waals surface area contributed by atoms with Crippen LogP contribution in [-0.2, 0) is 4.74 Å². The van der Waals surface area contributed by atoms with Gasteiger partial charge in [-0.15, -0.1) is 11.3 Å². The Morgan fingerprint density at radius 1 is 1.62 bits per heavy atom. The fourth-order valence-corrected chi connectivity index (χ4v) is 3.32. The van der Waals surface area contributed by atoms with E-state index in [2.05, 4.69) is 12.2 Å². The average molecular weight is 260 g/mol. The second kappa shape index (κ2) is 6.01. The van der Waals surface area contributed by atoms with Crippen LogP contribution in [0.4, 0.5) is 0 Å². The van der Waals surface area contributed by atoms with Gasteiger partial charge in [-0.2, -0.15) is 0 Å². The number of rotatable bonds is 5. The molecule has 1 saturated heterocycles. The molecule has 4 heteroatoms. The van der Waals surface area contributed by atoms with E-state index in [9.17, 15) is 0 Å². The lowest BCUT2D eigenvalue weighted by Crippen LogP contribution is -2.25. The van der Waals surface area contributed by atoms with E-state index in [1.54, 1.807) is 11.3 Å². The Morgan fingerprint density at radius 3 is 3.19 bits per heavy atom. The summed E-state index contributed by atoms with van der Waals surface area (Å²) in [5, 5.41) is 6.29. The van der Waals surface area contributed by atoms with E-state index in [-0.39, 0.29) is 6.10 Å². The Hall–Kier alpha value is -0.0900. The lowest BCUT2D eigenvalue weighted by Gasteiger charge is -2.17. The molecule has 0 aromatic carbocycles. The zero-order valence-electron chi connectivity index (χ0n) is 9.54. The first-order chi connectivity index (χ1) is 7.81. The molecule has 0 amide bonds. The second-order valence-corrected chi connectivity index (χ2v) is 5.59. The van der Waals surface area contributed by atoms with Crippen LogP contribution in [-0.4, -0.2) is 19.7 Å². The molecule has 90 valence electrons. The first kappa shape index (κ1) is 12.4. The highest BCUT2D eigenvalue weighted by Crippen LogP contribution is 2.38. The van der Waals surface area contributed by atoms with Gasteiger partial charge in [0, 0.05) is 29.3 Å². The zero-order valence-corrected chi connectivity index (χ0v) is 11.1. The summed E-state index contributed by atoms with van der Waals surface area (Å²) < 4.78 is 5.81. The molecule has 1 aliphatic rings. The van der Waals surface area contributed by atoms with Gasteiger partial charge in [-0.25, -0.2) is 0 Å². The van der Waals surface area contributed by atoms with E-state index in [1.165, 1.54) is 11.3 Å². The molecule has 0 aliphatic carbocycles. The largest absolute Gasteiger partial charge is 0.372 e. The minimum Gasteiger partial charge on any atom is -0.372 e. The molecule has 2 nitrogen and oxygen atoms in total. The number of hydrogen-bond acceptors (Lipinski definition) is 3. The van der Waals surface area contributed by atoms with Crippen molar-refractivity contribution in [3.05, 3.63) is 21.3 Å². The molecule has 1 fully saturated rings. The lowest BCUT2D eigenvalue weighted by molar-refractivity contribution is 0.0934. The van der Waals surface area contributed by atoms with Crippen molar-refractivity contribution < 1.29 is 4.74 Å². The normalized spacial score (nSPS) is 25.1. The molecule has 1 aromatic heterocycles. The van der Waals surface area contributed by atoms with Gasteiger partial charge in [0.15, 0.2) is 0 Å². The summed E-state index contributed by atoms with van der Waals surface area (Å²) >= 11 is 7.66. The summed E-state index contributed by atoms with van der Waals surface area (Å²) in [5.74, 6) is 0.598. The topological polar surface area (TPSA) is 21.3 Å². The van der Waals surface area contributed by atoms with Crippen molar-refractivity contribution in [2.45, 2.75) is 25.9 Å². The molecule has 2 heterocycles. The molecule has 1 aliphatic heterocycles. The van der Waals surface area contributed by atoms with Crippen LogP contribution in [0.5, 0.6) is 0 Å². The zero-order chi connectivity index (χ0) is 11.4. The molecule has 1 aromatic rings. The van der Waals surface area contributed by atoms with Crippen molar-refractivity contribution in [3.8, 4) is 0 Å². The maximum Gasteiger partial charge on any atom is 0.0958 e. The number of ether oxygens (including phenoxy) is 1. The van der Waals surface area contributed by atoms with E-state index in [0.717, 1.165) is 31.1 Å². The summed E-state index contributed by atoms with van der Waals surface area (Å²) in [6, 6.07) is 2.04. The van der Waals surface area contributed by atoms with Crippen LogP contribution in [0.2, 0.25) is 5.02 Å². The minimum atomic E-state index is 0.252. The van der Waals surface area contributed by atoms with Crippen LogP contribution in [0, 0.1) is 5.92 Å². The number of hydrogen-bond donors (Lipinski definition) is 1. The van der Waals surface area contributed by atoms with E-state index in [4.69, 9.17) is 16.3 Å². The van der Waals surface area contributed by atoms with E-state index >= 15 is 0 Å². The highest BCUT2D eigenvalue weighted by molar-refractivity contribution is 7.10. The van der Waals surface area contributed by atoms with Gasteiger partial charge in [-0.3, -0.25) is 0 Å². The number of nitrogens with one attached hydrogen (secondary N) is 1. The van der Waals surface area contributed by atoms with Gasteiger partial charge in [-0.05, 0) is 25.5 Å². The second-order valence-electron chi connectivity index (χ2n) is 4.21. The minimum absolute atomic E-state index is 0.252. The molecule has 0 bridgehead atoms. The van der Waals surface area contributed by atoms with E-state index in [0.29, 0.717) is 5.92 Å². The highest BCUT2D eigenvalue weighted by atomic mass is 35.5. The van der Waals surface area contributed by atoms with Gasteiger partial charge in [-0.1, -0.05) is 18.5 Å². The standard InChI is InChI=1S/C12H18ClNOS/c1-2-4-14-7-9-3-5-15-12(9)11-6-10(13)8-16-11/h6,8-9,12,14H,2-5,7H2,1H3. The van der Waals surface area contributed by atoms with Crippen molar-refractivity contribution in [2.75, 3.05) is 19.7 Å². The molecule has 2 atom stereocenters. The predicted octanol–water partition coefficient (Wildman–Crippen LogP) is 3.48. The van der Waals surface area contributed by atoms with Crippen LogP contribution < -0.4 is 5.32 Å². The molecule has 16 heavy (non-hydrogen) atoms. The third kappa shape index (κ3) is 2.98. The Kier molecular flexibility index (Phi) is 4.65. The van der Waals surface area contributed by atoms with Crippen LogP contribution in [0.1, 0.15) is 30.7 Å². The number of thiophene rings is 1. The van der Waals surface area contributed by atoms with Crippen molar-refractivity contribution in [3.63, 3.8) is 0 Å². The quantitative estimate of drug-likeness (QED) is 0.818. The van der Waals surface area contributed by atoms with Crippen LogP contribution in [0.25, 0.3) is 0 Å². The summed E-state index contributed by atoms with van der Waals surface area (Å²) in [7, 11) is 0. The van der Waals surface area contributed by atoms with Gasteiger partial charge >= 0.3 is 0 Å². The fraction of sp³-hybridized carbons (Fsp3) is 0.667. The number of halogens is 1. The molecule has 2 unspecified atom stereocenters. The summed E-state index contributed by atoms with van der Waals surface area (Å²) in [6.07, 6.45) is 2.59.